The topological polar surface area (TPSA) is 58.7 Å². The van der Waals surface area contributed by atoms with E-state index in [4.69, 9.17) is 15.6 Å². The van der Waals surface area contributed by atoms with Gasteiger partial charge in [0, 0.05) is 24.3 Å². The fourth-order valence-electron chi connectivity index (χ4n) is 1.48. The van der Waals surface area contributed by atoms with Gasteiger partial charge in [0.15, 0.2) is 0 Å². The summed E-state index contributed by atoms with van der Waals surface area (Å²) in [5.41, 5.74) is 7.55. The molecule has 0 saturated carbocycles. The molecule has 1 atom stereocenters. The summed E-state index contributed by atoms with van der Waals surface area (Å²) in [5.74, 6) is 0.764. The van der Waals surface area contributed by atoms with E-state index in [1.165, 1.54) is 0 Å². The van der Waals surface area contributed by atoms with Crippen LogP contribution in [0.1, 0.15) is 12.5 Å². The average molecular weight is 224 g/mol. The van der Waals surface area contributed by atoms with Gasteiger partial charge in [-0.05, 0) is 31.7 Å². The van der Waals surface area contributed by atoms with Gasteiger partial charge in [-0.2, -0.15) is 0 Å². The highest BCUT2D eigenvalue weighted by molar-refractivity contribution is 5.47. The normalized spacial score (nSPS) is 12.8. The van der Waals surface area contributed by atoms with Gasteiger partial charge in [0.1, 0.15) is 5.75 Å². The Kier molecular flexibility index (Phi) is 4.58. The molecule has 3 N–H and O–H groups in total. The van der Waals surface area contributed by atoms with Crippen molar-refractivity contribution < 1.29 is 9.84 Å². The van der Waals surface area contributed by atoms with Crippen LogP contribution in [0.3, 0.4) is 0 Å². The van der Waals surface area contributed by atoms with Crippen LogP contribution in [0.15, 0.2) is 18.2 Å². The van der Waals surface area contributed by atoms with E-state index in [9.17, 15) is 0 Å². The Morgan fingerprint density at radius 3 is 2.69 bits per heavy atom. The Bertz CT molecular complexity index is 342. The van der Waals surface area contributed by atoms with Crippen LogP contribution >= 0.6 is 0 Å². The Hall–Kier alpha value is -1.26. The summed E-state index contributed by atoms with van der Waals surface area (Å²) >= 11 is 0. The quantitative estimate of drug-likeness (QED) is 0.735. The second-order valence-electron chi connectivity index (χ2n) is 4.06. The Labute approximate surface area is 96.6 Å². The van der Waals surface area contributed by atoms with Gasteiger partial charge < -0.3 is 15.6 Å². The third-order valence-electron chi connectivity index (χ3n) is 2.67. The molecule has 1 aromatic rings. The van der Waals surface area contributed by atoms with E-state index in [1.807, 2.05) is 26.1 Å². The van der Waals surface area contributed by atoms with E-state index in [0.29, 0.717) is 5.69 Å². The van der Waals surface area contributed by atoms with Gasteiger partial charge in [-0.1, -0.05) is 0 Å². The molecule has 0 fully saturated rings. The fraction of sp³-hybridized carbons (Fsp3) is 0.500. The molecule has 0 aromatic heterocycles. The molecule has 0 aliphatic carbocycles. The number of nitrogens with two attached hydrogens (primary N) is 1. The molecule has 0 spiro atoms. The molecule has 0 radical (unpaired) electrons. The number of ether oxygens (including phenoxy) is 1. The van der Waals surface area contributed by atoms with Crippen LogP contribution in [0.25, 0.3) is 0 Å². The predicted octanol–water partition coefficient (Wildman–Crippen LogP) is 1.09. The number of nitrogens with zero attached hydrogens (tertiary/aromatic N) is 1. The standard InChI is InChI=1S/C12H20N2O2/c1-9(8-15)14(2)7-10-4-11(13)6-12(5-10)16-3/h4-6,9,15H,7-8,13H2,1-3H3. The van der Waals surface area contributed by atoms with Crippen molar-refractivity contribution in [2.45, 2.75) is 19.5 Å². The van der Waals surface area contributed by atoms with Crippen molar-refractivity contribution in [3.8, 4) is 5.75 Å². The Morgan fingerprint density at radius 1 is 1.44 bits per heavy atom. The molecule has 1 rings (SSSR count). The highest BCUT2D eigenvalue weighted by atomic mass is 16.5. The van der Waals surface area contributed by atoms with Crippen molar-refractivity contribution in [3.63, 3.8) is 0 Å². The van der Waals surface area contributed by atoms with Crippen LogP contribution in [0.5, 0.6) is 5.75 Å². The number of hydrogen-bond donors (Lipinski definition) is 2. The first-order valence-electron chi connectivity index (χ1n) is 5.31. The molecule has 4 nitrogen and oxygen atoms in total. The lowest BCUT2D eigenvalue weighted by Gasteiger charge is -2.23. The van der Waals surface area contributed by atoms with Crippen LogP contribution in [0, 0.1) is 0 Å². The van der Waals surface area contributed by atoms with Crippen molar-refractivity contribution in [1.29, 1.82) is 0 Å². The molecular formula is C12H20N2O2. The zero-order valence-corrected chi connectivity index (χ0v) is 10.1. The summed E-state index contributed by atoms with van der Waals surface area (Å²) in [6.07, 6.45) is 0. The van der Waals surface area contributed by atoms with Crippen molar-refractivity contribution in [2.75, 3.05) is 26.5 Å². The van der Waals surface area contributed by atoms with Crippen molar-refractivity contribution in [3.05, 3.63) is 23.8 Å². The zero-order chi connectivity index (χ0) is 12.1. The molecule has 0 heterocycles. The molecule has 16 heavy (non-hydrogen) atoms. The van der Waals surface area contributed by atoms with Gasteiger partial charge in [0.25, 0.3) is 0 Å². The minimum Gasteiger partial charge on any atom is -0.497 e. The van der Waals surface area contributed by atoms with Gasteiger partial charge in [0.2, 0.25) is 0 Å². The van der Waals surface area contributed by atoms with Gasteiger partial charge in [0.05, 0.1) is 13.7 Å². The fourth-order valence-corrected chi connectivity index (χ4v) is 1.48. The van der Waals surface area contributed by atoms with Gasteiger partial charge in [-0.3, -0.25) is 4.90 Å². The largest absolute Gasteiger partial charge is 0.497 e. The Balaban J connectivity index is 2.76. The van der Waals surface area contributed by atoms with Crippen molar-refractivity contribution >= 4 is 5.69 Å². The highest BCUT2D eigenvalue weighted by Crippen LogP contribution is 2.19. The van der Waals surface area contributed by atoms with Crippen LogP contribution in [0.2, 0.25) is 0 Å². The van der Waals surface area contributed by atoms with Crippen LogP contribution in [-0.4, -0.2) is 36.8 Å². The lowest BCUT2D eigenvalue weighted by Crippen LogP contribution is -2.31. The molecule has 1 unspecified atom stereocenters. The number of anilines is 1. The second-order valence-corrected chi connectivity index (χ2v) is 4.06. The molecule has 1 aromatic carbocycles. The SMILES string of the molecule is COc1cc(N)cc(CN(C)C(C)CO)c1. The van der Waals surface area contributed by atoms with Gasteiger partial charge in [-0.25, -0.2) is 0 Å². The smallest absolute Gasteiger partial charge is 0.121 e. The monoisotopic (exact) mass is 224 g/mol. The van der Waals surface area contributed by atoms with E-state index in [2.05, 4.69) is 4.90 Å². The summed E-state index contributed by atoms with van der Waals surface area (Å²) in [6.45, 7) is 2.86. The molecule has 90 valence electrons. The third-order valence-corrected chi connectivity index (χ3v) is 2.67. The first-order valence-corrected chi connectivity index (χ1v) is 5.31. The summed E-state index contributed by atoms with van der Waals surface area (Å²) in [4.78, 5) is 2.06. The van der Waals surface area contributed by atoms with Crippen molar-refractivity contribution in [2.24, 2.45) is 0 Å². The van der Waals surface area contributed by atoms with Crippen molar-refractivity contribution in [1.82, 2.24) is 4.90 Å². The Morgan fingerprint density at radius 2 is 2.12 bits per heavy atom. The molecule has 0 bridgehead atoms. The molecule has 4 heteroatoms. The summed E-state index contributed by atoms with van der Waals surface area (Å²) < 4.78 is 5.16. The maximum atomic E-state index is 9.05. The summed E-state index contributed by atoms with van der Waals surface area (Å²) in [5, 5.41) is 9.05. The lowest BCUT2D eigenvalue weighted by molar-refractivity contribution is 0.154. The number of likely N-dealkylation sites (N-methyl/N-ethyl adjacent to an activating group) is 1. The predicted molar refractivity (Wildman–Crippen MR) is 65.4 cm³/mol. The number of aliphatic hydroxyl groups excluding tert-OH is 1. The highest BCUT2D eigenvalue weighted by Gasteiger charge is 2.09. The summed E-state index contributed by atoms with van der Waals surface area (Å²) in [7, 11) is 3.59. The number of aliphatic hydroxyl groups is 1. The van der Waals surface area contributed by atoms with E-state index < -0.39 is 0 Å². The molecule has 0 amide bonds. The van der Waals surface area contributed by atoms with Gasteiger partial charge >= 0.3 is 0 Å². The molecule has 0 saturated heterocycles. The molecule has 0 aliphatic heterocycles. The molecule has 0 aliphatic rings. The van der Waals surface area contributed by atoms with E-state index in [-0.39, 0.29) is 12.6 Å². The number of rotatable bonds is 5. The van der Waals surface area contributed by atoms with E-state index in [0.717, 1.165) is 17.9 Å². The number of hydrogen-bond acceptors (Lipinski definition) is 4. The molecular weight excluding hydrogens is 204 g/mol. The van der Waals surface area contributed by atoms with E-state index >= 15 is 0 Å². The zero-order valence-electron chi connectivity index (χ0n) is 10.1. The maximum Gasteiger partial charge on any atom is 0.121 e. The number of nitrogen functional groups attached to an aromatic ring is 1. The number of methoxy groups -OCH3 is 1. The third kappa shape index (κ3) is 3.40. The minimum absolute atomic E-state index is 0.132. The second kappa shape index (κ2) is 5.72. The summed E-state index contributed by atoms with van der Waals surface area (Å²) in [6, 6.07) is 5.80. The maximum absolute atomic E-state index is 9.05. The van der Waals surface area contributed by atoms with Crippen LogP contribution in [0.4, 0.5) is 5.69 Å². The lowest BCUT2D eigenvalue weighted by atomic mass is 10.1. The van der Waals surface area contributed by atoms with E-state index in [1.54, 1.807) is 13.2 Å². The average Bonchev–Trinajstić information content (AvgIpc) is 2.26. The minimum atomic E-state index is 0.132. The first-order chi connectivity index (χ1) is 7.56. The first kappa shape index (κ1) is 12.8. The van der Waals surface area contributed by atoms with Crippen LogP contribution < -0.4 is 10.5 Å². The van der Waals surface area contributed by atoms with Crippen LogP contribution in [-0.2, 0) is 6.54 Å². The number of benzene rings is 1. The van der Waals surface area contributed by atoms with Gasteiger partial charge in [-0.15, -0.1) is 0 Å².